The zero-order valence-corrected chi connectivity index (χ0v) is 14.7. The van der Waals surface area contributed by atoms with Crippen LogP contribution in [0.2, 0.25) is 5.02 Å². The highest BCUT2D eigenvalue weighted by molar-refractivity contribution is 6.30. The van der Waals surface area contributed by atoms with Crippen LogP contribution in [0.15, 0.2) is 42.5 Å². The molecule has 0 bridgehead atoms. The van der Waals surface area contributed by atoms with Crippen molar-refractivity contribution in [2.75, 3.05) is 17.2 Å². The van der Waals surface area contributed by atoms with Gasteiger partial charge >= 0.3 is 0 Å². The number of hydrogen-bond donors (Lipinski definition) is 3. The van der Waals surface area contributed by atoms with Gasteiger partial charge < -0.3 is 16.0 Å². The minimum Gasteiger partial charge on any atom is -0.374 e. The fraction of sp³-hybridized carbons (Fsp3) is 0.222. The van der Waals surface area contributed by atoms with E-state index in [1.54, 1.807) is 12.1 Å². The molecule has 1 unspecified atom stereocenters. The predicted molar refractivity (Wildman–Crippen MR) is 97.2 cm³/mol. The number of carbonyl (C=O) groups excluding carboxylic acids is 2. The quantitative estimate of drug-likeness (QED) is 0.732. The van der Waals surface area contributed by atoms with Crippen LogP contribution in [0.1, 0.15) is 25.5 Å². The lowest BCUT2D eigenvalue weighted by Crippen LogP contribution is -2.32. The van der Waals surface area contributed by atoms with Gasteiger partial charge in [0.15, 0.2) is 0 Å². The van der Waals surface area contributed by atoms with Crippen molar-refractivity contribution in [3.8, 4) is 0 Å². The van der Waals surface area contributed by atoms with Crippen molar-refractivity contribution in [3.63, 3.8) is 0 Å². The summed E-state index contributed by atoms with van der Waals surface area (Å²) in [6.07, 6.45) is 0. The van der Waals surface area contributed by atoms with Gasteiger partial charge in [-0.05, 0) is 42.8 Å². The van der Waals surface area contributed by atoms with Crippen molar-refractivity contribution in [1.29, 1.82) is 0 Å². The molecule has 0 aliphatic heterocycles. The molecule has 0 spiro atoms. The second-order valence-electron chi connectivity index (χ2n) is 5.57. The molecule has 5 nitrogen and oxygen atoms in total. The third-order valence-corrected chi connectivity index (χ3v) is 3.73. The Labute approximate surface area is 150 Å². The van der Waals surface area contributed by atoms with Crippen molar-refractivity contribution in [1.82, 2.24) is 5.32 Å². The SMILES string of the molecule is CC(=O)Nc1ccc(F)c(NCC(=O)NC(C)c2ccc(Cl)cc2)c1. The first-order valence-electron chi connectivity index (χ1n) is 7.71. The maximum absolute atomic E-state index is 13.8. The fourth-order valence-corrected chi connectivity index (χ4v) is 2.37. The molecule has 0 aromatic heterocycles. The van der Waals surface area contributed by atoms with Gasteiger partial charge in [-0.1, -0.05) is 23.7 Å². The highest BCUT2D eigenvalue weighted by Gasteiger charge is 2.11. The van der Waals surface area contributed by atoms with Gasteiger partial charge in [0.25, 0.3) is 0 Å². The number of halogens is 2. The molecule has 0 fully saturated rings. The third-order valence-electron chi connectivity index (χ3n) is 3.47. The van der Waals surface area contributed by atoms with Crippen LogP contribution in [0.3, 0.4) is 0 Å². The van der Waals surface area contributed by atoms with Gasteiger partial charge in [-0.3, -0.25) is 9.59 Å². The maximum Gasteiger partial charge on any atom is 0.239 e. The normalized spacial score (nSPS) is 11.5. The molecular weight excluding hydrogens is 345 g/mol. The highest BCUT2D eigenvalue weighted by atomic mass is 35.5. The van der Waals surface area contributed by atoms with Crippen molar-refractivity contribution in [2.45, 2.75) is 19.9 Å². The van der Waals surface area contributed by atoms with Crippen LogP contribution in [-0.4, -0.2) is 18.4 Å². The molecule has 2 aromatic rings. The summed E-state index contributed by atoms with van der Waals surface area (Å²) in [6.45, 7) is 3.11. The summed E-state index contributed by atoms with van der Waals surface area (Å²) in [7, 11) is 0. The molecule has 132 valence electrons. The van der Waals surface area contributed by atoms with Gasteiger partial charge in [0.05, 0.1) is 18.3 Å². The molecular formula is C18H19ClFN3O2. The summed E-state index contributed by atoms with van der Waals surface area (Å²) in [6, 6.07) is 11.1. The van der Waals surface area contributed by atoms with E-state index in [2.05, 4.69) is 16.0 Å². The van der Waals surface area contributed by atoms with Gasteiger partial charge in [0.1, 0.15) is 5.82 Å². The Morgan fingerprint density at radius 3 is 2.48 bits per heavy atom. The summed E-state index contributed by atoms with van der Waals surface area (Å²) in [5.41, 5.74) is 1.50. The minimum atomic E-state index is -0.507. The summed E-state index contributed by atoms with van der Waals surface area (Å²) < 4.78 is 13.8. The van der Waals surface area contributed by atoms with Gasteiger partial charge in [-0.25, -0.2) is 4.39 Å². The van der Waals surface area contributed by atoms with E-state index in [9.17, 15) is 14.0 Å². The lowest BCUT2D eigenvalue weighted by atomic mass is 10.1. The van der Waals surface area contributed by atoms with E-state index >= 15 is 0 Å². The molecule has 2 aromatic carbocycles. The molecule has 3 N–H and O–H groups in total. The van der Waals surface area contributed by atoms with Crippen LogP contribution in [0.25, 0.3) is 0 Å². The summed E-state index contributed by atoms with van der Waals surface area (Å²) in [5.74, 6) is -1.05. The Kier molecular flexibility index (Phi) is 6.36. The highest BCUT2D eigenvalue weighted by Crippen LogP contribution is 2.20. The Hall–Kier alpha value is -2.60. The van der Waals surface area contributed by atoms with Gasteiger partial charge in [-0.15, -0.1) is 0 Å². The van der Waals surface area contributed by atoms with Gasteiger partial charge in [-0.2, -0.15) is 0 Å². The monoisotopic (exact) mass is 363 g/mol. The molecule has 7 heteroatoms. The molecule has 1 atom stereocenters. The van der Waals surface area contributed by atoms with Crippen LogP contribution in [0, 0.1) is 5.82 Å². The smallest absolute Gasteiger partial charge is 0.239 e. The molecule has 0 heterocycles. The van der Waals surface area contributed by atoms with Crippen molar-refractivity contribution < 1.29 is 14.0 Å². The second-order valence-corrected chi connectivity index (χ2v) is 6.01. The number of rotatable bonds is 6. The Morgan fingerprint density at radius 2 is 1.84 bits per heavy atom. The van der Waals surface area contributed by atoms with E-state index in [4.69, 9.17) is 11.6 Å². The lowest BCUT2D eigenvalue weighted by molar-refractivity contribution is -0.120. The van der Waals surface area contributed by atoms with E-state index in [0.29, 0.717) is 10.7 Å². The number of benzene rings is 2. The second kappa shape index (κ2) is 8.48. The fourth-order valence-electron chi connectivity index (χ4n) is 2.24. The topological polar surface area (TPSA) is 70.2 Å². The summed E-state index contributed by atoms with van der Waals surface area (Å²) in [4.78, 5) is 23.1. The summed E-state index contributed by atoms with van der Waals surface area (Å²) in [5, 5.41) is 8.73. The van der Waals surface area contributed by atoms with E-state index in [-0.39, 0.29) is 30.1 Å². The zero-order valence-electron chi connectivity index (χ0n) is 13.9. The molecule has 0 aliphatic carbocycles. The average molecular weight is 364 g/mol. The number of anilines is 2. The number of amides is 2. The third kappa shape index (κ3) is 5.76. The van der Waals surface area contributed by atoms with Gasteiger partial charge in [0.2, 0.25) is 11.8 Å². The number of carbonyl (C=O) groups is 2. The average Bonchev–Trinajstić information content (AvgIpc) is 2.55. The van der Waals surface area contributed by atoms with Gasteiger partial charge in [0, 0.05) is 17.6 Å². The Morgan fingerprint density at radius 1 is 1.16 bits per heavy atom. The number of nitrogens with one attached hydrogen (secondary N) is 3. The molecule has 2 amide bonds. The van der Waals surface area contributed by atoms with Crippen molar-refractivity contribution >= 4 is 34.8 Å². The molecule has 0 radical (unpaired) electrons. The summed E-state index contributed by atoms with van der Waals surface area (Å²) >= 11 is 5.84. The largest absolute Gasteiger partial charge is 0.374 e. The van der Waals surface area contributed by atoms with E-state index in [1.165, 1.54) is 25.1 Å². The van der Waals surface area contributed by atoms with E-state index < -0.39 is 5.82 Å². The van der Waals surface area contributed by atoms with Crippen molar-refractivity contribution in [2.24, 2.45) is 0 Å². The van der Waals surface area contributed by atoms with Crippen LogP contribution >= 0.6 is 11.6 Å². The first-order valence-corrected chi connectivity index (χ1v) is 8.09. The van der Waals surface area contributed by atoms with Crippen LogP contribution in [0.5, 0.6) is 0 Å². The van der Waals surface area contributed by atoms with Crippen LogP contribution in [0.4, 0.5) is 15.8 Å². The van der Waals surface area contributed by atoms with Crippen LogP contribution in [-0.2, 0) is 9.59 Å². The minimum absolute atomic E-state index is 0.0988. The maximum atomic E-state index is 13.8. The lowest BCUT2D eigenvalue weighted by Gasteiger charge is -2.15. The Balaban J connectivity index is 1.93. The zero-order chi connectivity index (χ0) is 18.4. The standard InChI is InChI=1S/C18H19ClFN3O2/c1-11(13-3-5-14(19)6-4-13)22-18(25)10-21-17-9-15(23-12(2)24)7-8-16(17)20/h3-9,11,21H,10H2,1-2H3,(H,22,25)(H,23,24). The van der Waals surface area contributed by atoms with Crippen molar-refractivity contribution in [3.05, 3.63) is 58.9 Å². The van der Waals surface area contributed by atoms with E-state index in [0.717, 1.165) is 5.56 Å². The molecule has 25 heavy (non-hydrogen) atoms. The first kappa shape index (κ1) is 18.7. The predicted octanol–water partition coefficient (Wildman–Crippen LogP) is 3.73. The van der Waals surface area contributed by atoms with E-state index in [1.807, 2.05) is 19.1 Å². The Bertz CT molecular complexity index is 765. The molecule has 0 saturated carbocycles. The molecule has 2 rings (SSSR count). The molecule has 0 saturated heterocycles. The molecule has 0 aliphatic rings. The van der Waals surface area contributed by atoms with Crippen LogP contribution < -0.4 is 16.0 Å². The number of hydrogen-bond acceptors (Lipinski definition) is 3. The first-order chi connectivity index (χ1) is 11.8.